The van der Waals surface area contributed by atoms with Gasteiger partial charge in [0.15, 0.2) is 0 Å². The molecule has 6 unspecified atom stereocenters. The van der Waals surface area contributed by atoms with Crippen molar-refractivity contribution in [2.45, 2.75) is 89.8 Å². The molecular formula is C43H47N7O6. The lowest BCUT2D eigenvalue weighted by Gasteiger charge is -2.29. The first kappa shape index (κ1) is 37.1. The van der Waals surface area contributed by atoms with Crippen molar-refractivity contribution < 1.29 is 28.6 Å². The van der Waals surface area contributed by atoms with Crippen LogP contribution in [0.25, 0.3) is 44.2 Å². The molecule has 2 saturated heterocycles. The molecule has 3 aromatic carbocycles. The molecule has 2 fully saturated rings. The van der Waals surface area contributed by atoms with Gasteiger partial charge in [-0.2, -0.15) is 0 Å². The second kappa shape index (κ2) is 15.0. The van der Waals surface area contributed by atoms with Crippen LogP contribution < -0.4 is 10.1 Å². The molecule has 3 aliphatic rings. The fraction of sp³-hybridized carbons (Fsp3) is 0.419. The third-order valence-electron chi connectivity index (χ3n) is 11.8. The average molecular weight is 758 g/mol. The van der Waals surface area contributed by atoms with Gasteiger partial charge < -0.3 is 39.3 Å². The number of benzene rings is 3. The Morgan fingerprint density at radius 2 is 1.89 bits per heavy atom. The van der Waals surface area contributed by atoms with Gasteiger partial charge in [0.1, 0.15) is 30.0 Å². The number of ether oxygens (including phenoxy) is 3. The molecule has 5 heterocycles. The molecule has 290 valence electrons. The highest BCUT2D eigenvalue weighted by Crippen LogP contribution is 2.44. The molecule has 0 aliphatic carbocycles. The van der Waals surface area contributed by atoms with Gasteiger partial charge in [0.05, 0.1) is 54.3 Å². The van der Waals surface area contributed by atoms with Crippen LogP contribution in [-0.2, 0) is 25.7 Å². The van der Waals surface area contributed by atoms with Gasteiger partial charge in [-0.05, 0) is 85.9 Å². The number of hydrogen-bond acceptors (Lipinski definition) is 8. The fourth-order valence-corrected chi connectivity index (χ4v) is 8.65. The Balaban J connectivity index is 1.06. The molecule has 3 amide bonds. The largest absolute Gasteiger partial charge is 0.488 e. The first-order chi connectivity index (χ1) is 27.1. The summed E-state index contributed by atoms with van der Waals surface area (Å²) in [6, 6.07) is 12.9. The van der Waals surface area contributed by atoms with Gasteiger partial charge in [0.2, 0.25) is 11.8 Å². The summed E-state index contributed by atoms with van der Waals surface area (Å²) in [5.74, 6) is 5.04. The minimum Gasteiger partial charge on any atom is -0.488 e. The topological polar surface area (TPSA) is 155 Å². The van der Waals surface area contributed by atoms with Crippen LogP contribution in [-0.4, -0.2) is 86.6 Å². The minimum absolute atomic E-state index is 0.0466. The standard InChI is InChI=1S/C43H47N7O6/c1-7-9-38(51)49-21-27(24(4)54-5)18-36(49)40-44-20-34(47-40)26-10-13-30-28(16-26)22-56-37-19-31-25(17-32(30)37)11-14-33-39(31)48-41(46-33)35-15-12-29(8-2)50(35)42(52)23(3)45-43(53)55-6/h2,10-11,13-14,16-17,19-20,23-24,27,29,35-36H,7,9,12,15,18,21-22H2,1,3-6H3,(H,44,47)(H,45,53)(H,46,48). The minimum atomic E-state index is -0.827. The average Bonchev–Trinajstić information content (AvgIpc) is 4.04. The lowest BCUT2D eigenvalue weighted by atomic mass is 9.92. The number of alkyl carbamates (subject to hydrolysis) is 1. The summed E-state index contributed by atoms with van der Waals surface area (Å²) >= 11 is 0. The molecule has 2 aromatic heterocycles. The number of H-pyrrole nitrogens is 2. The van der Waals surface area contributed by atoms with Crippen LogP contribution in [0, 0.1) is 18.3 Å². The molecule has 5 aromatic rings. The van der Waals surface area contributed by atoms with E-state index >= 15 is 0 Å². The monoisotopic (exact) mass is 757 g/mol. The van der Waals surface area contributed by atoms with E-state index in [1.54, 1.807) is 18.9 Å². The predicted octanol–water partition coefficient (Wildman–Crippen LogP) is 6.80. The molecule has 0 spiro atoms. The number of fused-ring (bicyclic) bond motifs is 6. The summed E-state index contributed by atoms with van der Waals surface area (Å²) in [6.07, 6.45) is 10.4. The highest BCUT2D eigenvalue weighted by atomic mass is 16.5. The van der Waals surface area contributed by atoms with E-state index < -0.39 is 18.2 Å². The van der Waals surface area contributed by atoms with Gasteiger partial charge in [-0.1, -0.05) is 31.0 Å². The highest BCUT2D eigenvalue weighted by molar-refractivity contribution is 6.07. The Labute approximate surface area is 325 Å². The molecule has 0 saturated carbocycles. The smallest absolute Gasteiger partial charge is 0.407 e. The number of aromatic nitrogens is 4. The number of aromatic amines is 2. The molecule has 0 bridgehead atoms. The van der Waals surface area contributed by atoms with E-state index in [2.05, 4.69) is 58.5 Å². The normalized spacial score (nSPS) is 21.3. The van der Waals surface area contributed by atoms with Gasteiger partial charge in [-0.15, -0.1) is 6.42 Å². The Kier molecular flexibility index (Phi) is 9.92. The van der Waals surface area contributed by atoms with Crippen LogP contribution in [0.4, 0.5) is 4.79 Å². The van der Waals surface area contributed by atoms with Crippen molar-refractivity contribution in [1.29, 1.82) is 0 Å². The zero-order valence-corrected chi connectivity index (χ0v) is 32.3. The van der Waals surface area contributed by atoms with Gasteiger partial charge in [0.25, 0.3) is 0 Å². The molecular weight excluding hydrogens is 711 g/mol. The van der Waals surface area contributed by atoms with Crippen molar-refractivity contribution in [3.63, 3.8) is 0 Å². The predicted molar refractivity (Wildman–Crippen MR) is 211 cm³/mol. The summed E-state index contributed by atoms with van der Waals surface area (Å²) in [5.41, 5.74) is 6.65. The number of rotatable bonds is 9. The van der Waals surface area contributed by atoms with E-state index in [0.29, 0.717) is 38.2 Å². The maximum Gasteiger partial charge on any atom is 0.407 e. The molecule has 3 aliphatic heterocycles. The second-order valence-corrected chi connectivity index (χ2v) is 15.1. The number of terminal acetylenes is 1. The lowest BCUT2D eigenvalue weighted by molar-refractivity contribution is -0.135. The van der Waals surface area contributed by atoms with Crippen LogP contribution in [0.15, 0.2) is 48.7 Å². The Morgan fingerprint density at radius 3 is 2.66 bits per heavy atom. The molecule has 3 N–H and O–H groups in total. The van der Waals surface area contributed by atoms with Crippen molar-refractivity contribution in [2.75, 3.05) is 20.8 Å². The molecule has 13 nitrogen and oxygen atoms in total. The SMILES string of the molecule is C#CC1CCC(c2nc3c(ccc4cc5c(cc43)OCc3cc(-c4cnc(C6CC(C(C)OC)CN6C(=O)CCC)[nH]4)ccc3-5)[nH]2)N1C(=O)C(C)NC(=O)OC. The van der Waals surface area contributed by atoms with Gasteiger partial charge in [0, 0.05) is 36.9 Å². The van der Waals surface area contributed by atoms with Crippen LogP contribution in [0.1, 0.15) is 82.2 Å². The van der Waals surface area contributed by atoms with Gasteiger partial charge >= 0.3 is 6.09 Å². The first-order valence-electron chi connectivity index (χ1n) is 19.3. The summed E-state index contributed by atoms with van der Waals surface area (Å²) < 4.78 is 16.7. The number of likely N-dealkylation sites (tertiary alicyclic amines) is 2. The summed E-state index contributed by atoms with van der Waals surface area (Å²) in [6.45, 7) is 6.77. The van der Waals surface area contributed by atoms with Crippen LogP contribution >= 0.6 is 0 Å². The summed E-state index contributed by atoms with van der Waals surface area (Å²) in [7, 11) is 2.98. The van der Waals surface area contributed by atoms with Crippen LogP contribution in [0.5, 0.6) is 5.75 Å². The van der Waals surface area contributed by atoms with Gasteiger partial charge in [-0.25, -0.2) is 14.8 Å². The van der Waals surface area contributed by atoms with E-state index in [4.69, 9.17) is 30.6 Å². The third kappa shape index (κ3) is 6.51. The van der Waals surface area contributed by atoms with E-state index in [-0.39, 0.29) is 35.9 Å². The van der Waals surface area contributed by atoms with Crippen molar-refractivity contribution in [3.8, 4) is 40.5 Å². The van der Waals surface area contributed by atoms with Crippen molar-refractivity contribution >= 4 is 39.7 Å². The summed E-state index contributed by atoms with van der Waals surface area (Å²) in [4.78, 5) is 59.0. The van der Waals surface area contributed by atoms with Crippen molar-refractivity contribution in [1.82, 2.24) is 35.1 Å². The van der Waals surface area contributed by atoms with E-state index in [9.17, 15) is 14.4 Å². The first-order valence-corrected chi connectivity index (χ1v) is 19.3. The molecule has 6 atom stereocenters. The fourth-order valence-electron chi connectivity index (χ4n) is 8.65. The van der Waals surface area contributed by atoms with Gasteiger partial charge in [-0.3, -0.25) is 9.59 Å². The number of amides is 3. The molecule has 0 radical (unpaired) electrons. The summed E-state index contributed by atoms with van der Waals surface area (Å²) in [5, 5.41) is 4.50. The Morgan fingerprint density at radius 1 is 1.05 bits per heavy atom. The number of methoxy groups -OCH3 is 2. The third-order valence-corrected chi connectivity index (χ3v) is 11.8. The highest BCUT2D eigenvalue weighted by Gasteiger charge is 2.41. The number of imidazole rings is 2. The van der Waals surface area contributed by atoms with Crippen molar-refractivity contribution in [3.05, 3.63) is 65.9 Å². The number of hydrogen-bond donors (Lipinski definition) is 3. The number of nitrogens with one attached hydrogen (secondary N) is 3. The zero-order chi connectivity index (χ0) is 39.2. The van der Waals surface area contributed by atoms with E-state index in [1.165, 1.54) is 7.11 Å². The number of carbonyl (C=O) groups is 3. The zero-order valence-electron chi connectivity index (χ0n) is 32.3. The number of carbonyl (C=O) groups excluding carboxylic acids is 3. The molecule has 8 rings (SSSR count). The lowest BCUT2D eigenvalue weighted by Crippen LogP contribution is -2.49. The van der Waals surface area contributed by atoms with E-state index in [1.807, 2.05) is 30.2 Å². The van der Waals surface area contributed by atoms with Crippen LogP contribution in [0.2, 0.25) is 0 Å². The number of nitrogens with zero attached hydrogens (tertiary/aromatic N) is 4. The van der Waals surface area contributed by atoms with Crippen LogP contribution in [0.3, 0.4) is 0 Å². The Hall–Kier alpha value is -5.87. The van der Waals surface area contributed by atoms with Crippen molar-refractivity contribution in [2.24, 2.45) is 5.92 Å². The second-order valence-electron chi connectivity index (χ2n) is 15.1. The maximum atomic E-state index is 13.6. The van der Waals surface area contributed by atoms with E-state index in [0.717, 1.165) is 74.2 Å². The molecule has 56 heavy (non-hydrogen) atoms. The maximum absolute atomic E-state index is 13.6. The molecule has 13 heteroatoms. The quantitative estimate of drug-likeness (QED) is 0.139. The Bertz CT molecular complexity index is 2380.